The van der Waals surface area contributed by atoms with Gasteiger partial charge in [0.15, 0.2) is 0 Å². The minimum absolute atomic E-state index is 0.297. The Morgan fingerprint density at radius 1 is 1.00 bits per heavy atom. The number of likely N-dealkylation sites (tertiary alicyclic amines) is 1. The highest BCUT2D eigenvalue weighted by Crippen LogP contribution is 2.29. The number of hydrogen-bond donors (Lipinski definition) is 1. The predicted octanol–water partition coefficient (Wildman–Crippen LogP) is 4.95. The maximum atomic E-state index is 11.0. The van der Waals surface area contributed by atoms with Crippen molar-refractivity contribution in [3.63, 3.8) is 0 Å². The highest BCUT2D eigenvalue weighted by atomic mass is 35.5. The van der Waals surface area contributed by atoms with Gasteiger partial charge in [-0.1, -0.05) is 23.7 Å². The quantitative estimate of drug-likeness (QED) is 0.466. The molecule has 1 aliphatic rings. The highest BCUT2D eigenvalue weighted by Gasteiger charge is 2.33. The Kier molecular flexibility index (Phi) is 7.81. The third-order valence-electron chi connectivity index (χ3n) is 6.39. The van der Waals surface area contributed by atoms with E-state index in [1.165, 1.54) is 5.56 Å². The van der Waals surface area contributed by atoms with Gasteiger partial charge in [-0.15, -0.1) is 0 Å². The summed E-state index contributed by atoms with van der Waals surface area (Å²) in [5.74, 6) is 1.63. The van der Waals surface area contributed by atoms with Crippen molar-refractivity contribution in [2.45, 2.75) is 52.3 Å². The van der Waals surface area contributed by atoms with E-state index in [2.05, 4.69) is 22.1 Å². The summed E-state index contributed by atoms with van der Waals surface area (Å²) >= 11 is 6.24. The van der Waals surface area contributed by atoms with Crippen LogP contribution in [0.5, 0.6) is 11.5 Å². The van der Waals surface area contributed by atoms with Gasteiger partial charge in [0.25, 0.3) is 0 Å². The van der Waals surface area contributed by atoms with Gasteiger partial charge >= 0.3 is 0 Å². The number of piperidine rings is 1. The summed E-state index contributed by atoms with van der Waals surface area (Å²) in [7, 11) is 0. The summed E-state index contributed by atoms with van der Waals surface area (Å²) in [5, 5.41) is 16.1. The summed E-state index contributed by atoms with van der Waals surface area (Å²) in [6, 6.07) is 12.1. The van der Waals surface area contributed by atoms with Crippen molar-refractivity contribution < 1.29 is 14.6 Å². The van der Waals surface area contributed by atoms with Gasteiger partial charge < -0.3 is 14.6 Å². The van der Waals surface area contributed by atoms with Gasteiger partial charge in [0, 0.05) is 30.9 Å². The molecular formula is C27H34ClN3O3. The Balaban J connectivity index is 1.20. The molecule has 1 fully saturated rings. The maximum absolute atomic E-state index is 11.0. The fourth-order valence-corrected chi connectivity index (χ4v) is 4.38. The fraction of sp³-hybridized carbons (Fsp3) is 0.444. The highest BCUT2D eigenvalue weighted by molar-refractivity contribution is 6.32. The van der Waals surface area contributed by atoms with Crippen LogP contribution < -0.4 is 9.47 Å². The molecule has 1 saturated heterocycles. The molecule has 6 nitrogen and oxygen atoms in total. The lowest BCUT2D eigenvalue weighted by Crippen LogP contribution is -2.47. The van der Waals surface area contributed by atoms with Crippen LogP contribution in [0.15, 0.2) is 48.8 Å². The molecule has 0 aliphatic carbocycles. The second-order valence-electron chi connectivity index (χ2n) is 9.43. The van der Waals surface area contributed by atoms with Crippen LogP contribution in [0.3, 0.4) is 0 Å². The lowest BCUT2D eigenvalue weighted by atomic mass is 9.92. The topological polar surface area (TPSA) is 59.8 Å². The monoisotopic (exact) mass is 483 g/mol. The van der Waals surface area contributed by atoms with Gasteiger partial charge in [-0.2, -0.15) is 5.10 Å². The molecule has 2 heterocycles. The predicted molar refractivity (Wildman–Crippen MR) is 135 cm³/mol. The molecule has 7 heteroatoms. The number of aryl methyl sites for hydroxylation is 3. The molecule has 0 radical (unpaired) electrons. The Bertz CT molecular complexity index is 1070. The zero-order valence-electron chi connectivity index (χ0n) is 20.3. The minimum Gasteiger partial charge on any atom is -0.492 e. The van der Waals surface area contributed by atoms with Crippen molar-refractivity contribution in [1.82, 2.24) is 14.7 Å². The lowest BCUT2D eigenvalue weighted by Gasteiger charge is -2.38. The van der Waals surface area contributed by atoms with Crippen LogP contribution >= 0.6 is 11.6 Å². The second kappa shape index (κ2) is 10.8. The van der Waals surface area contributed by atoms with Crippen molar-refractivity contribution in [3.8, 4) is 11.5 Å². The van der Waals surface area contributed by atoms with Crippen LogP contribution in [0.2, 0.25) is 5.02 Å². The third kappa shape index (κ3) is 6.53. The number of halogens is 1. The summed E-state index contributed by atoms with van der Waals surface area (Å²) in [6.07, 6.45) is 5.24. The SMILES string of the molecule is Cc1cnn(CCOc2ccc(CN3CCC(O)(COc4cc(C)c(Cl)c(C)c4)CC3)cc2)c1. The van der Waals surface area contributed by atoms with Crippen LogP contribution in [0, 0.1) is 20.8 Å². The zero-order valence-corrected chi connectivity index (χ0v) is 21.0. The molecule has 1 N–H and O–H groups in total. The van der Waals surface area contributed by atoms with Crippen LogP contribution in [-0.2, 0) is 13.1 Å². The maximum Gasteiger partial charge on any atom is 0.120 e. The first-order valence-electron chi connectivity index (χ1n) is 11.8. The molecule has 1 aliphatic heterocycles. The van der Waals surface area contributed by atoms with Gasteiger partial charge in [0.2, 0.25) is 0 Å². The molecule has 1 aromatic heterocycles. The van der Waals surface area contributed by atoms with Crippen LogP contribution in [-0.4, -0.2) is 51.7 Å². The van der Waals surface area contributed by atoms with Crippen LogP contribution in [0.1, 0.15) is 35.1 Å². The van der Waals surface area contributed by atoms with Gasteiger partial charge in [-0.25, -0.2) is 0 Å². The number of hydrogen-bond acceptors (Lipinski definition) is 5. The van der Waals surface area contributed by atoms with E-state index in [9.17, 15) is 5.11 Å². The number of ether oxygens (including phenoxy) is 2. The van der Waals surface area contributed by atoms with E-state index in [0.29, 0.717) is 26.1 Å². The molecule has 2 aromatic carbocycles. The van der Waals surface area contributed by atoms with E-state index in [0.717, 1.165) is 59.4 Å². The first kappa shape index (κ1) is 24.6. The Hall–Kier alpha value is -2.54. The van der Waals surface area contributed by atoms with E-state index in [4.69, 9.17) is 21.1 Å². The Labute approximate surface area is 207 Å². The van der Waals surface area contributed by atoms with Crippen molar-refractivity contribution in [1.29, 1.82) is 0 Å². The fourth-order valence-electron chi connectivity index (χ4n) is 4.27. The second-order valence-corrected chi connectivity index (χ2v) is 9.81. The molecule has 0 saturated carbocycles. The molecule has 0 unspecified atom stereocenters. The minimum atomic E-state index is -0.803. The summed E-state index contributed by atoms with van der Waals surface area (Å²) in [4.78, 5) is 2.38. The van der Waals surface area contributed by atoms with E-state index in [1.54, 1.807) is 0 Å². The lowest BCUT2D eigenvalue weighted by molar-refractivity contribution is -0.0537. The first-order valence-corrected chi connectivity index (χ1v) is 12.2. The molecular weight excluding hydrogens is 450 g/mol. The summed E-state index contributed by atoms with van der Waals surface area (Å²) in [6.45, 7) is 10.1. The molecule has 34 heavy (non-hydrogen) atoms. The zero-order chi connectivity index (χ0) is 24.1. The van der Waals surface area contributed by atoms with Crippen molar-refractivity contribution >= 4 is 11.6 Å². The number of aromatic nitrogens is 2. The van der Waals surface area contributed by atoms with Gasteiger partial charge in [-0.05, 0) is 80.1 Å². The third-order valence-corrected chi connectivity index (χ3v) is 6.98. The first-order chi connectivity index (χ1) is 16.3. The van der Waals surface area contributed by atoms with Crippen LogP contribution in [0.25, 0.3) is 0 Å². The Morgan fingerprint density at radius 2 is 1.68 bits per heavy atom. The summed E-state index contributed by atoms with van der Waals surface area (Å²) < 4.78 is 13.7. The average molecular weight is 484 g/mol. The smallest absolute Gasteiger partial charge is 0.120 e. The van der Waals surface area contributed by atoms with E-state index in [1.807, 2.05) is 62.1 Å². The van der Waals surface area contributed by atoms with Crippen molar-refractivity contribution in [3.05, 3.63) is 76.1 Å². The molecule has 3 aromatic rings. The standard InChI is InChI=1S/C27H34ClN3O3/c1-20-16-29-31(17-20)12-13-33-24-6-4-23(5-7-24)18-30-10-8-27(32,9-11-30)19-34-25-14-21(2)26(28)22(3)15-25/h4-7,14-17,32H,8-13,18-19H2,1-3H3. The van der Waals surface area contributed by atoms with Crippen molar-refractivity contribution in [2.24, 2.45) is 0 Å². The van der Waals surface area contributed by atoms with E-state index in [-0.39, 0.29) is 0 Å². The molecule has 0 spiro atoms. The average Bonchev–Trinajstić information content (AvgIpc) is 3.24. The molecule has 4 rings (SSSR count). The largest absolute Gasteiger partial charge is 0.492 e. The Morgan fingerprint density at radius 3 is 2.29 bits per heavy atom. The van der Waals surface area contributed by atoms with Crippen LogP contribution in [0.4, 0.5) is 0 Å². The van der Waals surface area contributed by atoms with Gasteiger partial charge in [-0.3, -0.25) is 9.58 Å². The molecule has 0 bridgehead atoms. The van der Waals surface area contributed by atoms with Gasteiger partial charge in [0.1, 0.15) is 30.3 Å². The number of benzene rings is 2. The van der Waals surface area contributed by atoms with Crippen molar-refractivity contribution in [2.75, 3.05) is 26.3 Å². The number of aliphatic hydroxyl groups is 1. The van der Waals surface area contributed by atoms with E-state index < -0.39 is 5.60 Å². The molecule has 0 atom stereocenters. The van der Waals surface area contributed by atoms with E-state index >= 15 is 0 Å². The number of rotatable bonds is 9. The molecule has 182 valence electrons. The molecule has 0 amide bonds. The number of nitrogens with zero attached hydrogens (tertiary/aromatic N) is 3. The summed E-state index contributed by atoms with van der Waals surface area (Å²) in [5.41, 5.74) is 3.57. The van der Waals surface area contributed by atoms with Gasteiger partial charge in [0.05, 0.1) is 12.7 Å². The normalized spacial score (nSPS) is 15.9.